The minimum absolute atomic E-state index is 0.799. The van der Waals surface area contributed by atoms with Crippen LogP contribution in [0.1, 0.15) is 5.56 Å². The SMILES string of the molecule is CNCCc1c[nH]c2ncc(OC)cc12. The molecule has 0 aliphatic rings. The second-order valence-electron chi connectivity index (χ2n) is 3.44. The number of likely N-dealkylation sites (N-methyl/N-ethyl adjacent to an activating group) is 1. The zero-order chi connectivity index (χ0) is 10.7. The van der Waals surface area contributed by atoms with Gasteiger partial charge in [-0.1, -0.05) is 0 Å². The van der Waals surface area contributed by atoms with Crippen LogP contribution in [-0.4, -0.2) is 30.7 Å². The number of pyridine rings is 1. The van der Waals surface area contributed by atoms with E-state index in [1.54, 1.807) is 13.3 Å². The van der Waals surface area contributed by atoms with Crippen LogP contribution in [0.4, 0.5) is 0 Å². The van der Waals surface area contributed by atoms with E-state index >= 15 is 0 Å². The Hall–Kier alpha value is -1.55. The highest BCUT2D eigenvalue weighted by Crippen LogP contribution is 2.21. The number of aromatic nitrogens is 2. The van der Waals surface area contributed by atoms with Crippen molar-refractivity contribution in [1.29, 1.82) is 0 Å². The molecular weight excluding hydrogens is 190 g/mol. The quantitative estimate of drug-likeness (QED) is 0.791. The van der Waals surface area contributed by atoms with Gasteiger partial charge >= 0.3 is 0 Å². The number of ether oxygens (including phenoxy) is 1. The largest absolute Gasteiger partial charge is 0.495 e. The normalized spacial score (nSPS) is 10.8. The van der Waals surface area contributed by atoms with Gasteiger partial charge in [-0.05, 0) is 31.6 Å². The Kier molecular flexibility index (Phi) is 2.87. The Balaban J connectivity index is 2.38. The molecule has 15 heavy (non-hydrogen) atoms. The Bertz CT molecular complexity index is 450. The van der Waals surface area contributed by atoms with Crippen LogP contribution in [0.15, 0.2) is 18.5 Å². The van der Waals surface area contributed by atoms with Gasteiger partial charge in [0.2, 0.25) is 0 Å². The van der Waals surface area contributed by atoms with Gasteiger partial charge in [-0.25, -0.2) is 4.98 Å². The number of hydrogen-bond acceptors (Lipinski definition) is 3. The number of fused-ring (bicyclic) bond motifs is 1. The van der Waals surface area contributed by atoms with Crippen LogP contribution >= 0.6 is 0 Å². The van der Waals surface area contributed by atoms with Crippen LogP contribution in [0.3, 0.4) is 0 Å². The summed E-state index contributed by atoms with van der Waals surface area (Å²) >= 11 is 0. The van der Waals surface area contributed by atoms with E-state index in [2.05, 4.69) is 15.3 Å². The van der Waals surface area contributed by atoms with Crippen molar-refractivity contribution in [3.63, 3.8) is 0 Å². The smallest absolute Gasteiger partial charge is 0.137 e. The summed E-state index contributed by atoms with van der Waals surface area (Å²) < 4.78 is 5.16. The predicted molar refractivity (Wildman–Crippen MR) is 60.3 cm³/mol. The molecule has 0 fully saturated rings. The van der Waals surface area contributed by atoms with Crippen LogP contribution in [-0.2, 0) is 6.42 Å². The van der Waals surface area contributed by atoms with E-state index in [-0.39, 0.29) is 0 Å². The fourth-order valence-electron chi connectivity index (χ4n) is 1.62. The Morgan fingerprint density at radius 1 is 1.53 bits per heavy atom. The molecule has 2 aromatic heterocycles. The molecule has 0 unspecified atom stereocenters. The fourth-order valence-corrected chi connectivity index (χ4v) is 1.62. The van der Waals surface area contributed by atoms with E-state index in [4.69, 9.17) is 4.74 Å². The van der Waals surface area contributed by atoms with Gasteiger partial charge in [-0.3, -0.25) is 0 Å². The molecule has 80 valence electrons. The molecule has 4 nitrogen and oxygen atoms in total. The molecule has 0 spiro atoms. The van der Waals surface area contributed by atoms with Gasteiger partial charge in [0.05, 0.1) is 13.3 Å². The molecule has 0 atom stereocenters. The highest BCUT2D eigenvalue weighted by Gasteiger charge is 2.05. The maximum Gasteiger partial charge on any atom is 0.137 e. The number of H-pyrrole nitrogens is 1. The van der Waals surface area contributed by atoms with Crippen molar-refractivity contribution in [3.8, 4) is 5.75 Å². The summed E-state index contributed by atoms with van der Waals surface area (Å²) in [6, 6.07) is 2.02. The lowest BCUT2D eigenvalue weighted by molar-refractivity contribution is 0.413. The van der Waals surface area contributed by atoms with Crippen molar-refractivity contribution < 1.29 is 4.74 Å². The molecule has 0 aliphatic heterocycles. The van der Waals surface area contributed by atoms with Crippen LogP contribution < -0.4 is 10.1 Å². The number of aromatic amines is 1. The third-order valence-corrected chi connectivity index (χ3v) is 2.47. The minimum atomic E-state index is 0.799. The molecule has 0 aromatic carbocycles. The van der Waals surface area contributed by atoms with Crippen molar-refractivity contribution in [2.45, 2.75) is 6.42 Å². The molecule has 4 heteroatoms. The molecule has 0 saturated heterocycles. The number of nitrogens with one attached hydrogen (secondary N) is 2. The summed E-state index contributed by atoms with van der Waals surface area (Å²) in [4.78, 5) is 7.43. The van der Waals surface area contributed by atoms with E-state index in [1.165, 1.54) is 5.56 Å². The third-order valence-electron chi connectivity index (χ3n) is 2.47. The van der Waals surface area contributed by atoms with Gasteiger partial charge in [0.25, 0.3) is 0 Å². The average molecular weight is 205 g/mol. The molecule has 0 saturated carbocycles. The first kappa shape index (κ1) is 9.98. The first-order valence-electron chi connectivity index (χ1n) is 4.99. The Labute approximate surface area is 88.7 Å². The van der Waals surface area contributed by atoms with E-state index in [0.717, 1.165) is 29.7 Å². The molecule has 0 aliphatic carbocycles. The topological polar surface area (TPSA) is 49.9 Å². The summed E-state index contributed by atoms with van der Waals surface area (Å²) in [5.74, 6) is 0.799. The summed E-state index contributed by atoms with van der Waals surface area (Å²) in [6.07, 6.45) is 4.72. The third kappa shape index (κ3) is 1.94. The fraction of sp³-hybridized carbons (Fsp3) is 0.364. The van der Waals surface area contributed by atoms with Gasteiger partial charge in [0.1, 0.15) is 11.4 Å². The molecule has 2 rings (SSSR count). The lowest BCUT2D eigenvalue weighted by Gasteiger charge is -2.00. The van der Waals surface area contributed by atoms with E-state index < -0.39 is 0 Å². The van der Waals surface area contributed by atoms with E-state index in [1.807, 2.05) is 19.3 Å². The van der Waals surface area contributed by atoms with Crippen LogP contribution in [0, 0.1) is 0 Å². The molecular formula is C11H15N3O. The molecule has 0 amide bonds. The minimum Gasteiger partial charge on any atom is -0.495 e. The number of rotatable bonds is 4. The van der Waals surface area contributed by atoms with Gasteiger partial charge in [0.15, 0.2) is 0 Å². The summed E-state index contributed by atoms with van der Waals surface area (Å²) in [5.41, 5.74) is 2.19. The van der Waals surface area contributed by atoms with Gasteiger partial charge < -0.3 is 15.0 Å². The zero-order valence-electron chi connectivity index (χ0n) is 9.00. The lowest BCUT2D eigenvalue weighted by Crippen LogP contribution is -2.09. The maximum absolute atomic E-state index is 5.16. The summed E-state index contributed by atoms with van der Waals surface area (Å²) in [7, 11) is 3.61. The van der Waals surface area contributed by atoms with Crippen molar-refractivity contribution in [1.82, 2.24) is 15.3 Å². The van der Waals surface area contributed by atoms with Crippen molar-refractivity contribution >= 4 is 11.0 Å². The standard InChI is InChI=1S/C11H15N3O/c1-12-4-3-8-6-13-11-10(8)5-9(15-2)7-14-11/h5-7,12H,3-4H2,1-2H3,(H,13,14). The van der Waals surface area contributed by atoms with E-state index in [0.29, 0.717) is 0 Å². The average Bonchev–Trinajstić information content (AvgIpc) is 2.68. The highest BCUT2D eigenvalue weighted by molar-refractivity contribution is 5.80. The summed E-state index contributed by atoms with van der Waals surface area (Å²) in [6.45, 7) is 0.962. The molecule has 2 heterocycles. The van der Waals surface area contributed by atoms with E-state index in [9.17, 15) is 0 Å². The van der Waals surface area contributed by atoms with Gasteiger partial charge in [-0.2, -0.15) is 0 Å². The van der Waals surface area contributed by atoms with Crippen molar-refractivity contribution in [3.05, 3.63) is 24.0 Å². The lowest BCUT2D eigenvalue weighted by atomic mass is 10.1. The Morgan fingerprint density at radius 3 is 3.13 bits per heavy atom. The Morgan fingerprint density at radius 2 is 2.40 bits per heavy atom. The second kappa shape index (κ2) is 4.31. The molecule has 2 N–H and O–H groups in total. The molecule has 2 aromatic rings. The molecule has 0 radical (unpaired) electrons. The monoisotopic (exact) mass is 205 g/mol. The van der Waals surface area contributed by atoms with Crippen LogP contribution in [0.5, 0.6) is 5.75 Å². The van der Waals surface area contributed by atoms with Gasteiger partial charge in [-0.15, -0.1) is 0 Å². The number of methoxy groups -OCH3 is 1. The van der Waals surface area contributed by atoms with Gasteiger partial charge in [0, 0.05) is 11.6 Å². The second-order valence-corrected chi connectivity index (χ2v) is 3.44. The van der Waals surface area contributed by atoms with Crippen molar-refractivity contribution in [2.75, 3.05) is 20.7 Å². The first-order chi connectivity index (χ1) is 7.35. The highest BCUT2D eigenvalue weighted by atomic mass is 16.5. The number of hydrogen-bond donors (Lipinski definition) is 2. The first-order valence-corrected chi connectivity index (χ1v) is 4.99. The zero-order valence-corrected chi connectivity index (χ0v) is 9.00. The molecule has 0 bridgehead atoms. The van der Waals surface area contributed by atoms with Crippen LogP contribution in [0.2, 0.25) is 0 Å². The van der Waals surface area contributed by atoms with Crippen LogP contribution in [0.25, 0.3) is 11.0 Å². The summed E-state index contributed by atoms with van der Waals surface area (Å²) in [5, 5.41) is 4.28. The number of nitrogens with zero attached hydrogens (tertiary/aromatic N) is 1. The predicted octanol–water partition coefficient (Wildman–Crippen LogP) is 1.33. The van der Waals surface area contributed by atoms with Crippen molar-refractivity contribution in [2.24, 2.45) is 0 Å². The maximum atomic E-state index is 5.16.